The van der Waals surface area contributed by atoms with Gasteiger partial charge in [-0.15, -0.1) is 0 Å². The van der Waals surface area contributed by atoms with Gasteiger partial charge < -0.3 is 4.42 Å². The summed E-state index contributed by atoms with van der Waals surface area (Å²) in [6.07, 6.45) is 1.46. The molecule has 2 aromatic rings. The molecule has 0 amide bonds. The van der Waals surface area contributed by atoms with Crippen LogP contribution in [0.25, 0.3) is 0 Å². The number of aryl methyl sites for hydroxylation is 3. The van der Waals surface area contributed by atoms with E-state index in [1.54, 1.807) is 26.0 Å². The Hall–Kier alpha value is -2.61. The van der Waals surface area contributed by atoms with Crippen LogP contribution in [0, 0.1) is 32.1 Å². The maximum atomic E-state index is 12.1. The molecular weight excluding hydrogens is 242 g/mol. The highest BCUT2D eigenvalue weighted by Gasteiger charge is 2.09. The number of hydrogen-bond donors (Lipinski definition) is 0. The lowest BCUT2D eigenvalue weighted by Crippen LogP contribution is -2.22. The largest absolute Gasteiger partial charge is 0.460 e. The summed E-state index contributed by atoms with van der Waals surface area (Å²) in [5.41, 5.74) is 1.02. The van der Waals surface area contributed by atoms with Gasteiger partial charge in [0.05, 0.1) is 6.21 Å². The zero-order valence-electron chi connectivity index (χ0n) is 11.0. The standard InChI is InChI=1S/C14H13N3O2/c1-9-6-10(2)17(14(18)13(9)7-15)16-8-12-5-4-11(3)19-12/h4-6,8H,1-3H3/b16-8+. The van der Waals surface area contributed by atoms with E-state index in [-0.39, 0.29) is 5.56 Å². The molecule has 0 bridgehead atoms. The van der Waals surface area contributed by atoms with Gasteiger partial charge in [-0.2, -0.15) is 10.4 Å². The van der Waals surface area contributed by atoms with Crippen LogP contribution in [0.1, 0.15) is 28.3 Å². The number of furan rings is 1. The van der Waals surface area contributed by atoms with Crippen molar-refractivity contribution in [1.29, 1.82) is 5.26 Å². The molecule has 0 atom stereocenters. The topological polar surface area (TPSA) is 71.3 Å². The van der Waals surface area contributed by atoms with Crippen LogP contribution in [-0.4, -0.2) is 10.9 Å². The first-order valence-corrected chi connectivity index (χ1v) is 5.77. The lowest BCUT2D eigenvalue weighted by molar-refractivity contribution is 0.527. The van der Waals surface area contributed by atoms with Crippen molar-refractivity contribution in [2.24, 2.45) is 5.10 Å². The third-order valence-corrected chi connectivity index (χ3v) is 2.73. The molecule has 0 aliphatic heterocycles. The summed E-state index contributed by atoms with van der Waals surface area (Å²) in [7, 11) is 0. The quantitative estimate of drug-likeness (QED) is 0.771. The molecule has 0 aliphatic carbocycles. The monoisotopic (exact) mass is 255 g/mol. The molecular formula is C14H13N3O2. The van der Waals surface area contributed by atoms with Crippen molar-refractivity contribution in [2.75, 3.05) is 0 Å². The Balaban J connectivity index is 2.49. The minimum Gasteiger partial charge on any atom is -0.460 e. The summed E-state index contributed by atoms with van der Waals surface area (Å²) in [4.78, 5) is 12.1. The normalized spacial score (nSPS) is 10.8. The summed E-state index contributed by atoms with van der Waals surface area (Å²) in [5.74, 6) is 1.33. The lowest BCUT2D eigenvalue weighted by Gasteiger charge is -2.05. The number of pyridine rings is 1. The molecule has 96 valence electrons. The van der Waals surface area contributed by atoms with Gasteiger partial charge in [0, 0.05) is 5.69 Å². The minimum absolute atomic E-state index is 0.110. The molecule has 2 heterocycles. The molecule has 19 heavy (non-hydrogen) atoms. The Morgan fingerprint density at radius 1 is 1.37 bits per heavy atom. The van der Waals surface area contributed by atoms with Crippen molar-refractivity contribution >= 4 is 6.21 Å². The van der Waals surface area contributed by atoms with Crippen molar-refractivity contribution in [3.63, 3.8) is 0 Å². The number of aromatic nitrogens is 1. The molecule has 0 fully saturated rings. The SMILES string of the molecule is Cc1ccc(/C=N/n2c(C)cc(C)c(C#N)c2=O)o1. The maximum Gasteiger partial charge on any atom is 0.289 e. The van der Waals surface area contributed by atoms with Gasteiger partial charge in [0.15, 0.2) is 0 Å². The number of nitrogens with zero attached hydrogens (tertiary/aromatic N) is 3. The van der Waals surface area contributed by atoms with Crippen LogP contribution < -0.4 is 5.56 Å². The van der Waals surface area contributed by atoms with E-state index in [0.29, 0.717) is 17.0 Å². The first-order valence-electron chi connectivity index (χ1n) is 5.77. The lowest BCUT2D eigenvalue weighted by atomic mass is 10.1. The van der Waals surface area contributed by atoms with Crippen molar-refractivity contribution in [3.8, 4) is 6.07 Å². The van der Waals surface area contributed by atoms with Crippen LogP contribution in [0.2, 0.25) is 0 Å². The van der Waals surface area contributed by atoms with Crippen LogP contribution in [0.4, 0.5) is 0 Å². The van der Waals surface area contributed by atoms with E-state index < -0.39 is 5.56 Å². The summed E-state index contributed by atoms with van der Waals surface area (Å²) >= 11 is 0. The summed E-state index contributed by atoms with van der Waals surface area (Å²) in [5, 5.41) is 13.0. The van der Waals surface area contributed by atoms with Crippen LogP contribution in [-0.2, 0) is 0 Å². The van der Waals surface area contributed by atoms with Gasteiger partial charge in [0.1, 0.15) is 23.2 Å². The maximum absolute atomic E-state index is 12.1. The van der Waals surface area contributed by atoms with Gasteiger partial charge in [-0.25, -0.2) is 4.68 Å². The fourth-order valence-electron chi connectivity index (χ4n) is 1.80. The van der Waals surface area contributed by atoms with Crippen LogP contribution in [0.3, 0.4) is 0 Å². The highest BCUT2D eigenvalue weighted by atomic mass is 16.3. The van der Waals surface area contributed by atoms with Gasteiger partial charge in [-0.3, -0.25) is 4.79 Å². The third kappa shape index (κ3) is 2.47. The second kappa shape index (κ2) is 4.94. The van der Waals surface area contributed by atoms with Crippen LogP contribution in [0.5, 0.6) is 0 Å². The zero-order valence-corrected chi connectivity index (χ0v) is 11.0. The van der Waals surface area contributed by atoms with E-state index in [9.17, 15) is 4.79 Å². The van der Waals surface area contributed by atoms with Gasteiger partial charge in [0.25, 0.3) is 5.56 Å². The Labute approximate surface area is 110 Å². The van der Waals surface area contributed by atoms with E-state index in [1.807, 2.05) is 19.1 Å². The van der Waals surface area contributed by atoms with E-state index in [0.717, 1.165) is 5.76 Å². The van der Waals surface area contributed by atoms with Crippen LogP contribution >= 0.6 is 0 Å². The fraction of sp³-hybridized carbons (Fsp3) is 0.214. The summed E-state index contributed by atoms with van der Waals surface area (Å²) in [6.45, 7) is 5.33. The summed E-state index contributed by atoms with van der Waals surface area (Å²) in [6, 6.07) is 7.23. The first kappa shape index (κ1) is 12.8. The van der Waals surface area contributed by atoms with Crippen molar-refractivity contribution < 1.29 is 4.42 Å². The molecule has 0 N–H and O–H groups in total. The molecule has 0 spiro atoms. The number of nitriles is 1. The molecule has 2 aromatic heterocycles. The first-order chi connectivity index (χ1) is 9.02. The predicted octanol–water partition coefficient (Wildman–Crippen LogP) is 2.12. The zero-order chi connectivity index (χ0) is 14.0. The smallest absolute Gasteiger partial charge is 0.289 e. The van der Waals surface area contributed by atoms with Gasteiger partial charge in [-0.1, -0.05) is 0 Å². The second-order valence-corrected chi connectivity index (χ2v) is 4.27. The Morgan fingerprint density at radius 2 is 2.11 bits per heavy atom. The molecule has 5 heteroatoms. The van der Waals surface area contributed by atoms with Gasteiger partial charge >= 0.3 is 0 Å². The average molecular weight is 255 g/mol. The van der Waals surface area contributed by atoms with Crippen molar-refractivity contribution in [1.82, 2.24) is 4.68 Å². The molecule has 0 saturated carbocycles. The molecule has 0 radical (unpaired) electrons. The van der Waals surface area contributed by atoms with E-state index >= 15 is 0 Å². The molecule has 5 nitrogen and oxygen atoms in total. The van der Waals surface area contributed by atoms with Crippen LogP contribution in [0.15, 0.2) is 32.5 Å². The van der Waals surface area contributed by atoms with Gasteiger partial charge in [-0.05, 0) is 44.5 Å². The summed E-state index contributed by atoms with van der Waals surface area (Å²) < 4.78 is 6.53. The molecule has 2 rings (SSSR count). The molecule has 0 saturated heterocycles. The fourth-order valence-corrected chi connectivity index (χ4v) is 1.80. The predicted molar refractivity (Wildman–Crippen MR) is 71.3 cm³/mol. The molecule has 0 unspecified atom stereocenters. The van der Waals surface area contributed by atoms with E-state index in [4.69, 9.17) is 9.68 Å². The van der Waals surface area contributed by atoms with Crippen molar-refractivity contribution in [3.05, 3.63) is 56.9 Å². The van der Waals surface area contributed by atoms with Crippen molar-refractivity contribution in [2.45, 2.75) is 20.8 Å². The highest BCUT2D eigenvalue weighted by Crippen LogP contribution is 2.06. The Morgan fingerprint density at radius 3 is 2.68 bits per heavy atom. The number of hydrogen-bond acceptors (Lipinski definition) is 4. The Kier molecular flexibility index (Phi) is 3.34. The molecule has 0 aliphatic rings. The van der Waals surface area contributed by atoms with E-state index in [1.165, 1.54) is 10.9 Å². The highest BCUT2D eigenvalue weighted by molar-refractivity contribution is 5.75. The third-order valence-electron chi connectivity index (χ3n) is 2.73. The number of rotatable bonds is 2. The molecule has 0 aromatic carbocycles. The average Bonchev–Trinajstić information content (AvgIpc) is 2.75. The van der Waals surface area contributed by atoms with E-state index in [2.05, 4.69) is 5.10 Å². The Bertz CT molecular complexity index is 745. The minimum atomic E-state index is -0.417. The van der Waals surface area contributed by atoms with Gasteiger partial charge in [0.2, 0.25) is 0 Å². The second-order valence-electron chi connectivity index (χ2n) is 4.27.